The van der Waals surface area contributed by atoms with E-state index in [0.29, 0.717) is 19.4 Å². The number of likely N-dealkylation sites (N-methyl/N-ethyl adjacent to an activating group) is 1. The Bertz CT molecular complexity index is 1280. The summed E-state index contributed by atoms with van der Waals surface area (Å²) in [6.45, 7) is 1.74. The van der Waals surface area contributed by atoms with Crippen LogP contribution in [-0.4, -0.2) is 92.8 Å². The summed E-state index contributed by atoms with van der Waals surface area (Å²) in [6, 6.07) is 3.19. The Hall–Kier alpha value is -3.85. The van der Waals surface area contributed by atoms with E-state index < -0.39 is 59.7 Å². The summed E-state index contributed by atoms with van der Waals surface area (Å²) in [6.07, 6.45) is -5.51. The molecular formula is C25H26F3NO11. The third-order valence-corrected chi connectivity index (χ3v) is 7.75. The molecule has 12 nitrogen and oxygen atoms in total. The first-order valence-electron chi connectivity index (χ1n) is 12.1. The summed E-state index contributed by atoms with van der Waals surface area (Å²) < 4.78 is 48.3. The molecule has 15 heteroatoms. The molecule has 1 spiro atoms. The first-order chi connectivity index (χ1) is 18.5. The number of hydrogen-bond donors (Lipinski definition) is 4. The first-order valence-corrected chi connectivity index (χ1v) is 12.1. The number of carbonyl (C=O) groups is 4. The summed E-state index contributed by atoms with van der Waals surface area (Å²) >= 11 is 0. The Balaban J connectivity index is 0.000000470. The number of nitrogens with zero attached hydrogens (tertiary/aromatic N) is 1. The predicted molar refractivity (Wildman–Crippen MR) is 124 cm³/mol. The molecule has 2 aliphatic heterocycles. The fraction of sp³-hybridized carbons (Fsp3) is 0.520. The number of phenolic OH excluding ortho intramolecular Hbond substituents is 1. The second-order valence-corrected chi connectivity index (χ2v) is 10.0. The van der Waals surface area contributed by atoms with Gasteiger partial charge < -0.3 is 39.5 Å². The van der Waals surface area contributed by atoms with Crippen LogP contribution in [0.3, 0.4) is 0 Å². The molecule has 1 aromatic rings. The highest BCUT2D eigenvalue weighted by Gasteiger charge is 2.72. The first kappa shape index (κ1) is 29.1. The van der Waals surface area contributed by atoms with E-state index in [1.165, 1.54) is 0 Å². The van der Waals surface area contributed by atoms with Gasteiger partial charge in [-0.1, -0.05) is 6.07 Å². The van der Waals surface area contributed by atoms with Crippen molar-refractivity contribution in [3.63, 3.8) is 0 Å². The molecule has 5 rings (SSSR count). The number of esters is 2. The number of benzene rings is 1. The van der Waals surface area contributed by atoms with E-state index in [0.717, 1.165) is 18.1 Å². The molecule has 5 atom stereocenters. The predicted octanol–water partition coefficient (Wildman–Crippen LogP) is 1.25. The molecule has 218 valence electrons. The van der Waals surface area contributed by atoms with Gasteiger partial charge in [-0.15, -0.1) is 0 Å². The van der Waals surface area contributed by atoms with Crippen LogP contribution in [0, 0.1) is 0 Å². The maximum Gasteiger partial charge on any atom is 0.490 e. The lowest BCUT2D eigenvalue weighted by Crippen LogP contribution is -2.74. The van der Waals surface area contributed by atoms with Crippen molar-refractivity contribution in [2.75, 3.05) is 13.6 Å². The number of aliphatic hydroxyl groups is 1. The van der Waals surface area contributed by atoms with Crippen LogP contribution in [0.1, 0.15) is 37.3 Å². The number of aromatic hydroxyl groups is 1. The van der Waals surface area contributed by atoms with Gasteiger partial charge in [0.1, 0.15) is 5.76 Å². The molecule has 1 fully saturated rings. The molecule has 1 aromatic carbocycles. The van der Waals surface area contributed by atoms with Crippen molar-refractivity contribution in [3.8, 4) is 11.5 Å². The number of likely N-dealkylation sites (tertiary alicyclic amines) is 1. The van der Waals surface area contributed by atoms with Crippen LogP contribution >= 0.6 is 0 Å². The molecule has 4 N–H and O–H groups in total. The maximum absolute atomic E-state index is 12.8. The van der Waals surface area contributed by atoms with Gasteiger partial charge in [0.15, 0.2) is 17.6 Å². The number of halogens is 3. The van der Waals surface area contributed by atoms with E-state index in [-0.39, 0.29) is 29.7 Å². The van der Waals surface area contributed by atoms with Gasteiger partial charge in [0.25, 0.3) is 0 Å². The minimum Gasteiger partial charge on any atom is -0.504 e. The van der Waals surface area contributed by atoms with Crippen LogP contribution in [0.5, 0.6) is 11.5 Å². The summed E-state index contributed by atoms with van der Waals surface area (Å²) in [7, 11) is 1.96. The van der Waals surface area contributed by atoms with Crippen molar-refractivity contribution < 1.29 is 67.0 Å². The fourth-order valence-corrected chi connectivity index (χ4v) is 6.15. The van der Waals surface area contributed by atoms with Crippen LogP contribution in [-0.2, 0) is 40.5 Å². The monoisotopic (exact) mass is 573 g/mol. The third-order valence-electron chi connectivity index (χ3n) is 7.75. The van der Waals surface area contributed by atoms with E-state index in [1.807, 2.05) is 13.1 Å². The molecule has 0 aromatic heterocycles. The maximum atomic E-state index is 12.8. The molecule has 2 aliphatic carbocycles. The quantitative estimate of drug-likeness (QED) is 0.371. The molecule has 4 aliphatic rings. The lowest BCUT2D eigenvalue weighted by molar-refractivity contribution is -0.192. The molecule has 2 heterocycles. The molecule has 1 saturated heterocycles. The van der Waals surface area contributed by atoms with E-state index >= 15 is 0 Å². The van der Waals surface area contributed by atoms with Crippen LogP contribution in [0.15, 0.2) is 24.0 Å². The van der Waals surface area contributed by atoms with Crippen molar-refractivity contribution in [1.82, 2.24) is 4.90 Å². The number of alkyl halides is 3. The summed E-state index contributed by atoms with van der Waals surface area (Å²) in [5.74, 6) is -5.62. The average molecular weight is 573 g/mol. The summed E-state index contributed by atoms with van der Waals surface area (Å²) in [4.78, 5) is 46.3. The number of piperidine rings is 1. The second-order valence-electron chi connectivity index (χ2n) is 10.0. The summed E-state index contributed by atoms with van der Waals surface area (Å²) in [5, 5.41) is 38.8. The number of aliphatic carboxylic acids is 2. The number of rotatable bonds is 5. The van der Waals surface area contributed by atoms with Gasteiger partial charge in [-0.2, -0.15) is 13.2 Å². The Morgan fingerprint density at radius 3 is 2.45 bits per heavy atom. The fourth-order valence-electron chi connectivity index (χ4n) is 6.15. The van der Waals surface area contributed by atoms with Gasteiger partial charge >= 0.3 is 30.1 Å². The van der Waals surface area contributed by atoms with Crippen molar-refractivity contribution in [3.05, 3.63) is 35.1 Å². The topological polar surface area (TPSA) is 180 Å². The Morgan fingerprint density at radius 2 is 1.88 bits per heavy atom. The molecular weight excluding hydrogens is 547 g/mol. The normalized spacial score (nSPS) is 28.5. The molecule has 40 heavy (non-hydrogen) atoms. The minimum atomic E-state index is -5.08. The largest absolute Gasteiger partial charge is 0.504 e. The number of carbonyl (C=O) groups excluding carboxylic acids is 2. The number of carboxylic acids is 2. The number of carboxylic acid groups (broad SMARTS) is 2. The number of ether oxygens (including phenoxy) is 3. The van der Waals surface area contributed by atoms with E-state index in [9.17, 15) is 37.8 Å². The Kier molecular flexibility index (Phi) is 7.26. The lowest BCUT2D eigenvalue weighted by Gasteiger charge is -2.61. The zero-order chi connectivity index (χ0) is 29.8. The molecule has 0 amide bonds. The smallest absolute Gasteiger partial charge is 0.490 e. The van der Waals surface area contributed by atoms with E-state index in [2.05, 4.69) is 4.90 Å². The zero-order valence-corrected chi connectivity index (χ0v) is 21.2. The van der Waals surface area contributed by atoms with Gasteiger partial charge in [0, 0.05) is 24.9 Å². The molecule has 0 saturated carbocycles. The van der Waals surface area contributed by atoms with Crippen LogP contribution in [0.25, 0.3) is 0 Å². The van der Waals surface area contributed by atoms with Gasteiger partial charge in [0.2, 0.25) is 6.10 Å². The Labute approximate surface area is 224 Å². The van der Waals surface area contributed by atoms with Crippen LogP contribution in [0.2, 0.25) is 0 Å². The van der Waals surface area contributed by atoms with E-state index in [4.69, 9.17) is 29.2 Å². The van der Waals surface area contributed by atoms with Crippen molar-refractivity contribution in [2.45, 2.75) is 68.0 Å². The van der Waals surface area contributed by atoms with E-state index in [1.54, 1.807) is 12.1 Å². The SMILES string of the molecule is CC(=O)O[C@@H](CC(=O)O)C(=O)OC1=CC[C@@]2(O)[C@H]3Cc4ccc(O)c5c4[C@@]2(CCN3C)[C@H]1O5.O=C(O)C(F)(F)F. The van der Waals surface area contributed by atoms with Gasteiger partial charge in [-0.3, -0.25) is 9.59 Å². The average Bonchev–Trinajstić information content (AvgIpc) is 3.19. The standard InChI is InChI=1S/C23H25NO9.C2HF3O2/c1-11(25)31-15(10-17(27)28)21(29)32-14-5-6-23(30)16-9-12-3-4-13(26)19-18(12)22(23,20(14)33-19)7-8-24(16)2;3-2(4,5)1(6)7/h3-5,15-16,20,26,30H,6-10H2,1-2H3,(H,27,28);(H,6,7)/t15-,16+,20-,22-,23+;/m0./s1. The zero-order valence-electron chi connectivity index (χ0n) is 21.2. The third kappa shape index (κ3) is 4.62. The van der Waals surface area contributed by atoms with Crippen LogP contribution < -0.4 is 4.74 Å². The van der Waals surface area contributed by atoms with Gasteiger partial charge in [-0.05, 0) is 44.1 Å². The summed E-state index contributed by atoms with van der Waals surface area (Å²) in [5.41, 5.74) is -0.464. The number of phenols is 1. The lowest BCUT2D eigenvalue weighted by atomic mass is 9.50. The number of hydrogen-bond acceptors (Lipinski definition) is 10. The van der Waals surface area contributed by atoms with Crippen molar-refractivity contribution >= 4 is 23.9 Å². The highest BCUT2D eigenvalue weighted by molar-refractivity contribution is 5.84. The molecule has 0 unspecified atom stereocenters. The Morgan fingerprint density at radius 1 is 1.23 bits per heavy atom. The molecule has 2 bridgehead atoms. The second kappa shape index (κ2) is 9.96. The highest BCUT2D eigenvalue weighted by atomic mass is 19.4. The van der Waals surface area contributed by atoms with Crippen LogP contribution in [0.4, 0.5) is 13.2 Å². The van der Waals surface area contributed by atoms with Crippen molar-refractivity contribution in [2.24, 2.45) is 0 Å². The molecule has 0 radical (unpaired) electrons. The van der Waals surface area contributed by atoms with Gasteiger partial charge in [-0.25, -0.2) is 9.59 Å². The highest BCUT2D eigenvalue weighted by Crippen LogP contribution is 2.65. The van der Waals surface area contributed by atoms with Gasteiger partial charge in [0.05, 0.1) is 17.4 Å². The van der Waals surface area contributed by atoms with Crippen molar-refractivity contribution in [1.29, 1.82) is 0 Å². The minimum absolute atomic E-state index is 0.0633.